The van der Waals surface area contributed by atoms with Gasteiger partial charge in [0.2, 0.25) is 5.91 Å². The van der Waals surface area contributed by atoms with E-state index in [0.717, 1.165) is 0 Å². The van der Waals surface area contributed by atoms with Crippen LogP contribution in [0.25, 0.3) is 0 Å². The third-order valence-electron chi connectivity index (χ3n) is 1.68. The van der Waals surface area contributed by atoms with Crippen molar-refractivity contribution in [3.05, 3.63) is 0 Å². The van der Waals surface area contributed by atoms with Crippen LogP contribution in [0.1, 0.15) is 12.8 Å². The molecule has 5 heteroatoms. The van der Waals surface area contributed by atoms with Crippen LogP contribution in [0.15, 0.2) is 0 Å². The molecular weight excluding hydrogens is 154 g/mol. The summed E-state index contributed by atoms with van der Waals surface area (Å²) < 4.78 is 18.3. The molecule has 0 saturated carbocycles. The van der Waals surface area contributed by atoms with E-state index < -0.39 is 21.7 Å². The number of amides is 1. The van der Waals surface area contributed by atoms with E-state index in [1.807, 2.05) is 0 Å². The van der Waals surface area contributed by atoms with Gasteiger partial charge >= 0.3 is 0 Å². The first-order chi connectivity index (χ1) is 4.54. The van der Waals surface area contributed by atoms with Gasteiger partial charge in [-0.25, -0.2) is 0 Å². The van der Waals surface area contributed by atoms with Gasteiger partial charge in [0.05, 0.1) is 0 Å². The zero-order chi connectivity index (χ0) is 7.78. The molecule has 0 aliphatic carbocycles. The van der Waals surface area contributed by atoms with Crippen molar-refractivity contribution in [3.63, 3.8) is 0 Å². The lowest BCUT2D eigenvalue weighted by Gasteiger charge is -2.31. The molecule has 0 spiro atoms. The van der Waals surface area contributed by atoms with Crippen molar-refractivity contribution >= 4 is 16.5 Å². The van der Waals surface area contributed by atoms with Gasteiger partial charge in [-0.3, -0.25) is 13.9 Å². The highest BCUT2D eigenvalue weighted by Gasteiger charge is 2.35. The molecule has 0 aromatic carbocycles. The first-order valence-electron chi connectivity index (χ1n) is 3.08. The minimum absolute atomic E-state index is 0.334. The summed E-state index contributed by atoms with van der Waals surface area (Å²) >= 11 is 0. The standard InChI is InChI=1S/C5H11NO3S/c6-5(7)4-2-1-3-10(4,8)9/h4,8-9H,1-3H2,(H2,6,7). The Morgan fingerprint density at radius 3 is 2.40 bits per heavy atom. The predicted molar refractivity (Wildman–Crippen MR) is 39.9 cm³/mol. The number of primary amides is 1. The quantitative estimate of drug-likeness (QED) is 0.525. The van der Waals surface area contributed by atoms with Gasteiger partial charge in [0.25, 0.3) is 0 Å². The summed E-state index contributed by atoms with van der Waals surface area (Å²) in [6.07, 6.45) is 1.22. The van der Waals surface area contributed by atoms with Crippen LogP contribution in [0.3, 0.4) is 0 Å². The van der Waals surface area contributed by atoms with Crippen LogP contribution in [0.4, 0.5) is 0 Å². The van der Waals surface area contributed by atoms with E-state index in [1.165, 1.54) is 0 Å². The Labute approximate surface area is 60.8 Å². The molecule has 1 saturated heterocycles. The lowest BCUT2D eigenvalue weighted by molar-refractivity contribution is -0.117. The third kappa shape index (κ3) is 1.25. The Balaban J connectivity index is 2.68. The van der Waals surface area contributed by atoms with E-state index in [4.69, 9.17) is 14.8 Å². The first kappa shape index (κ1) is 7.84. The van der Waals surface area contributed by atoms with Gasteiger partial charge in [0.1, 0.15) is 5.25 Å². The third-order valence-corrected chi connectivity index (χ3v) is 3.95. The van der Waals surface area contributed by atoms with Crippen LogP contribution in [0.2, 0.25) is 0 Å². The fourth-order valence-corrected chi connectivity index (χ4v) is 2.93. The second kappa shape index (κ2) is 2.41. The lowest BCUT2D eigenvalue weighted by Crippen LogP contribution is -2.30. The molecule has 1 heterocycles. The van der Waals surface area contributed by atoms with Crippen LogP contribution in [0, 0.1) is 0 Å². The topological polar surface area (TPSA) is 83.6 Å². The second-order valence-corrected chi connectivity index (χ2v) is 4.87. The van der Waals surface area contributed by atoms with Gasteiger partial charge in [-0.1, -0.05) is 0 Å². The number of hydrogen-bond acceptors (Lipinski definition) is 3. The molecule has 1 atom stereocenters. The maximum atomic E-state index is 10.5. The lowest BCUT2D eigenvalue weighted by atomic mass is 10.2. The van der Waals surface area contributed by atoms with E-state index in [-0.39, 0.29) is 0 Å². The monoisotopic (exact) mass is 165 g/mol. The summed E-state index contributed by atoms with van der Waals surface area (Å²) in [7, 11) is -2.66. The maximum absolute atomic E-state index is 10.5. The SMILES string of the molecule is NC(=O)C1CCCS1(O)O. The van der Waals surface area contributed by atoms with Gasteiger partial charge in [0.15, 0.2) is 0 Å². The molecule has 0 aromatic heterocycles. The second-order valence-electron chi connectivity index (χ2n) is 2.45. The fourth-order valence-electron chi connectivity index (χ4n) is 1.14. The van der Waals surface area contributed by atoms with Crippen LogP contribution >= 0.6 is 10.6 Å². The summed E-state index contributed by atoms with van der Waals surface area (Å²) in [5, 5.41) is -0.688. The first-order valence-corrected chi connectivity index (χ1v) is 4.86. The highest BCUT2D eigenvalue weighted by molar-refractivity contribution is 8.25. The van der Waals surface area contributed by atoms with Crippen LogP contribution < -0.4 is 5.73 Å². The Bertz CT molecular complexity index is 159. The number of hydrogen-bond donors (Lipinski definition) is 3. The van der Waals surface area contributed by atoms with Gasteiger partial charge in [-0.05, 0) is 12.8 Å². The molecule has 10 heavy (non-hydrogen) atoms. The minimum Gasteiger partial charge on any atom is -0.368 e. The van der Waals surface area contributed by atoms with Crippen molar-refractivity contribution in [2.75, 3.05) is 5.75 Å². The average Bonchev–Trinajstić information content (AvgIpc) is 2.08. The summed E-state index contributed by atoms with van der Waals surface area (Å²) in [6, 6.07) is 0. The predicted octanol–water partition coefficient (Wildman–Crippen LogP) is 0.385. The zero-order valence-corrected chi connectivity index (χ0v) is 6.30. The molecule has 0 bridgehead atoms. The molecule has 1 aliphatic heterocycles. The summed E-state index contributed by atoms with van der Waals surface area (Å²) in [5.74, 6) is -0.252. The Morgan fingerprint density at radius 1 is 1.60 bits per heavy atom. The number of rotatable bonds is 1. The summed E-state index contributed by atoms with van der Waals surface area (Å²) in [5.41, 5.74) is 4.94. The van der Waals surface area contributed by atoms with E-state index in [2.05, 4.69) is 0 Å². The molecule has 0 radical (unpaired) electrons. The fraction of sp³-hybridized carbons (Fsp3) is 0.800. The van der Waals surface area contributed by atoms with Crippen LogP contribution in [0.5, 0.6) is 0 Å². The summed E-state index contributed by atoms with van der Waals surface area (Å²) in [4.78, 5) is 10.5. The van der Waals surface area contributed by atoms with Crippen molar-refractivity contribution in [3.8, 4) is 0 Å². The molecular formula is C5H11NO3S. The Morgan fingerprint density at radius 2 is 2.20 bits per heavy atom. The largest absolute Gasteiger partial charge is 0.368 e. The van der Waals surface area contributed by atoms with Crippen molar-refractivity contribution in [2.45, 2.75) is 18.1 Å². The van der Waals surface area contributed by atoms with E-state index in [1.54, 1.807) is 0 Å². The highest BCUT2D eigenvalue weighted by Crippen LogP contribution is 2.51. The average molecular weight is 165 g/mol. The molecule has 1 aliphatic rings. The van der Waals surface area contributed by atoms with E-state index >= 15 is 0 Å². The molecule has 4 N–H and O–H groups in total. The molecule has 0 aromatic rings. The Hall–Kier alpha value is -0.260. The zero-order valence-electron chi connectivity index (χ0n) is 5.49. The molecule has 1 rings (SSSR count). The summed E-state index contributed by atoms with van der Waals surface area (Å²) in [6.45, 7) is 0. The van der Waals surface area contributed by atoms with Crippen molar-refractivity contribution < 1.29 is 13.9 Å². The highest BCUT2D eigenvalue weighted by atomic mass is 32.3. The number of carbonyl (C=O) groups is 1. The number of carbonyl (C=O) groups excluding carboxylic acids is 1. The molecule has 1 fully saturated rings. The van der Waals surface area contributed by atoms with Crippen LogP contribution in [-0.2, 0) is 4.79 Å². The van der Waals surface area contributed by atoms with Gasteiger partial charge < -0.3 is 5.73 Å². The van der Waals surface area contributed by atoms with E-state index in [9.17, 15) is 4.79 Å². The van der Waals surface area contributed by atoms with Gasteiger partial charge in [-0.15, -0.1) is 0 Å². The van der Waals surface area contributed by atoms with Crippen LogP contribution in [-0.4, -0.2) is 26.0 Å². The molecule has 1 amide bonds. The Kier molecular flexibility index (Phi) is 1.89. The van der Waals surface area contributed by atoms with Gasteiger partial charge in [-0.2, -0.15) is 10.6 Å². The number of nitrogens with two attached hydrogens (primary N) is 1. The van der Waals surface area contributed by atoms with Crippen molar-refractivity contribution in [2.24, 2.45) is 5.73 Å². The minimum atomic E-state index is -2.66. The smallest absolute Gasteiger partial charge is 0.239 e. The van der Waals surface area contributed by atoms with Crippen molar-refractivity contribution in [1.29, 1.82) is 0 Å². The molecule has 60 valence electrons. The molecule has 1 unspecified atom stereocenters. The van der Waals surface area contributed by atoms with E-state index in [0.29, 0.717) is 18.6 Å². The normalized spacial score (nSPS) is 33.6. The maximum Gasteiger partial charge on any atom is 0.239 e. The molecule has 4 nitrogen and oxygen atoms in total. The van der Waals surface area contributed by atoms with Gasteiger partial charge in [0, 0.05) is 5.75 Å². The van der Waals surface area contributed by atoms with Crippen molar-refractivity contribution in [1.82, 2.24) is 0 Å².